The van der Waals surface area contributed by atoms with Crippen molar-refractivity contribution in [3.63, 3.8) is 0 Å². The van der Waals surface area contributed by atoms with E-state index in [9.17, 15) is 28.1 Å². The van der Waals surface area contributed by atoms with Crippen LogP contribution in [0.2, 0.25) is 0 Å². The van der Waals surface area contributed by atoms with Crippen LogP contribution < -0.4 is 15.0 Å². The Bertz CT molecular complexity index is 1340. The number of ether oxygens (including phenoxy) is 1. The Balaban J connectivity index is 1.68. The van der Waals surface area contributed by atoms with Gasteiger partial charge in [0.1, 0.15) is 17.1 Å². The molecule has 0 saturated carbocycles. The summed E-state index contributed by atoms with van der Waals surface area (Å²) in [5.74, 6) is -0.0341. The number of nitro benzene ring substituents is 1. The molecule has 2 heterocycles. The average molecular weight is 531 g/mol. The SMILES string of the molecule is CCc1nc(C=O)c(Nc2ccc(N3CCN(C)CC3)c(C(F)(F)F)c2)nc1Oc1cccc([N+](=O)[O-])c1. The highest BCUT2D eigenvalue weighted by molar-refractivity contribution is 5.82. The molecule has 0 atom stereocenters. The lowest BCUT2D eigenvalue weighted by molar-refractivity contribution is -0.384. The predicted octanol–water partition coefficient (Wildman–Crippen LogP) is 5.07. The van der Waals surface area contributed by atoms with Gasteiger partial charge < -0.3 is 19.9 Å². The molecule has 0 amide bonds. The molecule has 0 radical (unpaired) electrons. The smallest absolute Gasteiger partial charge is 0.418 e. The molecule has 1 aromatic heterocycles. The zero-order valence-corrected chi connectivity index (χ0v) is 20.7. The van der Waals surface area contributed by atoms with E-state index in [-0.39, 0.29) is 40.2 Å². The summed E-state index contributed by atoms with van der Waals surface area (Å²) >= 11 is 0. The summed E-state index contributed by atoms with van der Waals surface area (Å²) in [5.41, 5.74) is -0.704. The van der Waals surface area contributed by atoms with Crippen molar-refractivity contribution in [3.05, 3.63) is 69.5 Å². The van der Waals surface area contributed by atoms with Crippen LogP contribution in [-0.2, 0) is 12.6 Å². The maximum Gasteiger partial charge on any atom is 0.418 e. The lowest BCUT2D eigenvalue weighted by Gasteiger charge is -2.35. The number of aromatic nitrogens is 2. The Morgan fingerprint density at radius 1 is 1.13 bits per heavy atom. The van der Waals surface area contributed by atoms with Gasteiger partial charge in [-0.3, -0.25) is 14.9 Å². The second kappa shape index (κ2) is 11.0. The van der Waals surface area contributed by atoms with E-state index in [0.29, 0.717) is 44.6 Å². The van der Waals surface area contributed by atoms with Gasteiger partial charge in [0.15, 0.2) is 12.1 Å². The molecule has 2 aromatic carbocycles. The number of alkyl halides is 3. The van der Waals surface area contributed by atoms with E-state index in [1.165, 1.54) is 36.4 Å². The number of rotatable bonds is 8. The topological polar surface area (TPSA) is 114 Å². The van der Waals surface area contributed by atoms with Crippen LogP contribution in [0.5, 0.6) is 11.6 Å². The number of nitrogens with one attached hydrogen (secondary N) is 1. The quantitative estimate of drug-likeness (QED) is 0.242. The molecular formula is C25H25F3N6O4. The van der Waals surface area contributed by atoms with Crippen molar-refractivity contribution in [1.82, 2.24) is 14.9 Å². The van der Waals surface area contributed by atoms with Crippen molar-refractivity contribution in [2.24, 2.45) is 0 Å². The lowest BCUT2D eigenvalue weighted by atomic mass is 10.1. The number of non-ortho nitro benzene ring substituents is 1. The van der Waals surface area contributed by atoms with E-state index in [2.05, 4.69) is 15.3 Å². The first-order chi connectivity index (χ1) is 18.1. The first kappa shape index (κ1) is 26.8. The van der Waals surface area contributed by atoms with Crippen LogP contribution in [0.15, 0.2) is 42.5 Å². The fourth-order valence-corrected chi connectivity index (χ4v) is 4.03. The molecule has 10 nitrogen and oxygen atoms in total. The molecule has 0 bridgehead atoms. The first-order valence-electron chi connectivity index (χ1n) is 11.8. The van der Waals surface area contributed by atoms with Crippen molar-refractivity contribution in [3.8, 4) is 11.6 Å². The summed E-state index contributed by atoms with van der Waals surface area (Å²) in [6, 6.07) is 9.27. The van der Waals surface area contributed by atoms with Gasteiger partial charge in [0, 0.05) is 43.6 Å². The number of nitrogens with zero attached hydrogens (tertiary/aromatic N) is 5. The number of likely N-dealkylation sites (N-methyl/N-ethyl adjacent to an activating group) is 1. The Morgan fingerprint density at radius 2 is 1.87 bits per heavy atom. The number of aldehydes is 1. The van der Waals surface area contributed by atoms with Crippen LogP contribution >= 0.6 is 0 Å². The largest absolute Gasteiger partial charge is 0.437 e. The van der Waals surface area contributed by atoms with E-state index in [1.807, 2.05) is 11.9 Å². The average Bonchev–Trinajstić information content (AvgIpc) is 2.89. The van der Waals surface area contributed by atoms with Crippen molar-refractivity contribution >= 4 is 29.2 Å². The minimum absolute atomic E-state index is 0.0359. The van der Waals surface area contributed by atoms with E-state index in [4.69, 9.17) is 4.74 Å². The summed E-state index contributed by atoms with van der Waals surface area (Å²) in [7, 11) is 1.92. The van der Waals surface area contributed by atoms with Gasteiger partial charge in [-0.25, -0.2) is 4.98 Å². The van der Waals surface area contributed by atoms with E-state index >= 15 is 0 Å². The van der Waals surface area contributed by atoms with Crippen molar-refractivity contribution in [2.45, 2.75) is 19.5 Å². The van der Waals surface area contributed by atoms with Crippen LogP contribution in [0.1, 0.15) is 28.7 Å². The van der Waals surface area contributed by atoms with Gasteiger partial charge in [-0.1, -0.05) is 13.0 Å². The van der Waals surface area contributed by atoms with Crippen LogP contribution in [0, 0.1) is 10.1 Å². The first-order valence-corrected chi connectivity index (χ1v) is 11.8. The van der Waals surface area contributed by atoms with Crippen molar-refractivity contribution < 1.29 is 27.6 Å². The second-order valence-electron chi connectivity index (χ2n) is 8.68. The van der Waals surface area contributed by atoms with Crippen LogP contribution in [0.4, 0.5) is 36.1 Å². The Kier molecular flexibility index (Phi) is 7.76. The van der Waals surface area contributed by atoms with Crippen molar-refractivity contribution in [2.75, 3.05) is 43.4 Å². The van der Waals surface area contributed by atoms with E-state index < -0.39 is 16.7 Å². The summed E-state index contributed by atoms with van der Waals surface area (Å²) in [6.45, 7) is 3.96. The lowest BCUT2D eigenvalue weighted by Crippen LogP contribution is -2.45. The second-order valence-corrected chi connectivity index (χ2v) is 8.68. The normalized spacial score (nSPS) is 14.3. The summed E-state index contributed by atoms with van der Waals surface area (Å²) in [5, 5.41) is 13.9. The van der Waals surface area contributed by atoms with Gasteiger partial charge in [-0.2, -0.15) is 18.2 Å². The standard InChI is InChI=1S/C25H25F3N6O4/c1-3-20-24(38-18-6-4-5-17(14-18)34(36)37)31-23(21(15-35)30-20)29-16-7-8-22(19(13-16)25(26,27)28)33-11-9-32(2)10-12-33/h4-8,13-15H,3,9-12H2,1-2H3,(H,29,31). The monoisotopic (exact) mass is 530 g/mol. The predicted molar refractivity (Wildman–Crippen MR) is 134 cm³/mol. The van der Waals surface area contributed by atoms with E-state index in [0.717, 1.165) is 6.07 Å². The number of piperazine rings is 1. The minimum atomic E-state index is -4.61. The summed E-state index contributed by atoms with van der Waals surface area (Å²) < 4.78 is 47.8. The van der Waals surface area contributed by atoms with Crippen LogP contribution in [0.3, 0.4) is 0 Å². The van der Waals surface area contributed by atoms with Gasteiger partial charge in [0.2, 0.25) is 5.88 Å². The molecule has 3 aromatic rings. The fourth-order valence-electron chi connectivity index (χ4n) is 4.03. The number of hydrogen-bond donors (Lipinski definition) is 1. The molecule has 0 aliphatic carbocycles. The summed E-state index contributed by atoms with van der Waals surface area (Å²) in [4.78, 5) is 34.5. The molecule has 200 valence electrons. The van der Waals surface area contributed by atoms with Gasteiger partial charge in [-0.15, -0.1) is 0 Å². The maximum absolute atomic E-state index is 14.0. The molecule has 1 aliphatic rings. The number of nitro groups is 1. The molecule has 13 heteroatoms. The zero-order chi connectivity index (χ0) is 27.4. The summed E-state index contributed by atoms with van der Waals surface area (Å²) in [6.07, 6.45) is -3.86. The molecule has 1 N–H and O–H groups in total. The van der Waals surface area contributed by atoms with Gasteiger partial charge in [0.25, 0.3) is 5.69 Å². The molecule has 1 fully saturated rings. The number of benzene rings is 2. The Hall–Kier alpha value is -4.26. The highest BCUT2D eigenvalue weighted by Gasteiger charge is 2.36. The van der Waals surface area contributed by atoms with Gasteiger partial charge in [0.05, 0.1) is 16.6 Å². The number of hydrogen-bond acceptors (Lipinski definition) is 9. The van der Waals surface area contributed by atoms with Gasteiger partial charge in [-0.05, 0) is 37.7 Å². The number of anilines is 3. The third-order valence-corrected chi connectivity index (χ3v) is 6.06. The van der Waals surface area contributed by atoms with Crippen LogP contribution in [-0.4, -0.2) is 59.3 Å². The molecule has 38 heavy (non-hydrogen) atoms. The molecule has 0 unspecified atom stereocenters. The molecule has 1 saturated heterocycles. The molecule has 0 spiro atoms. The third-order valence-electron chi connectivity index (χ3n) is 6.06. The zero-order valence-electron chi connectivity index (χ0n) is 20.7. The highest BCUT2D eigenvalue weighted by Crippen LogP contribution is 2.39. The number of halogens is 3. The minimum Gasteiger partial charge on any atom is -0.437 e. The number of aryl methyl sites for hydroxylation is 1. The molecule has 1 aliphatic heterocycles. The van der Waals surface area contributed by atoms with Gasteiger partial charge >= 0.3 is 6.18 Å². The Morgan fingerprint density at radius 3 is 2.50 bits per heavy atom. The van der Waals surface area contributed by atoms with E-state index in [1.54, 1.807) is 11.8 Å². The third kappa shape index (κ3) is 5.99. The van der Waals surface area contributed by atoms with Crippen LogP contribution in [0.25, 0.3) is 0 Å². The molecular weight excluding hydrogens is 505 g/mol. The molecule has 4 rings (SSSR count). The fraction of sp³-hybridized carbons (Fsp3) is 0.320. The van der Waals surface area contributed by atoms with Crippen molar-refractivity contribution in [1.29, 1.82) is 0 Å². The number of carbonyl (C=O) groups excluding carboxylic acids is 1. The number of carbonyl (C=O) groups is 1. The Labute approximate surface area is 216 Å². The highest BCUT2D eigenvalue weighted by atomic mass is 19.4. The maximum atomic E-state index is 14.0.